The molecule has 3 aliphatic rings. The number of fused-ring (bicyclic) bond motifs is 3. The molecule has 0 saturated carbocycles. The molecule has 3 fully saturated rings. The third-order valence-electron chi connectivity index (χ3n) is 10.2. The highest BCUT2D eigenvalue weighted by Gasteiger charge is 2.44. The molecule has 6 nitrogen and oxygen atoms in total. The maximum absolute atomic E-state index is 13.1. The topological polar surface area (TPSA) is 50.6 Å². The first-order valence-electron chi connectivity index (χ1n) is 15.3. The van der Waals surface area contributed by atoms with Crippen molar-refractivity contribution in [2.24, 2.45) is 5.41 Å². The SMILES string of the molecule is COc1cccc(C2(CCN3[C@@H]4CC[C@H]3CC(n3c(C)nc5ccccc53)C4)CCN(C(=O)C(C)(C)C)CC2)c1. The van der Waals surface area contributed by atoms with E-state index >= 15 is 0 Å². The van der Waals surface area contributed by atoms with Gasteiger partial charge in [0.2, 0.25) is 5.91 Å². The Labute approximate surface area is 239 Å². The van der Waals surface area contributed by atoms with E-state index in [0.717, 1.165) is 56.0 Å². The summed E-state index contributed by atoms with van der Waals surface area (Å²) < 4.78 is 8.16. The Morgan fingerprint density at radius 1 is 1.00 bits per heavy atom. The highest BCUT2D eigenvalue weighted by Crippen LogP contribution is 2.45. The largest absolute Gasteiger partial charge is 0.497 e. The molecule has 6 heteroatoms. The lowest BCUT2D eigenvalue weighted by Gasteiger charge is -2.46. The minimum atomic E-state index is -0.335. The molecule has 0 aliphatic carbocycles. The van der Waals surface area contributed by atoms with Gasteiger partial charge in [-0.2, -0.15) is 0 Å². The molecular weight excluding hydrogens is 496 g/mol. The zero-order chi connectivity index (χ0) is 28.1. The van der Waals surface area contributed by atoms with Crippen molar-refractivity contribution in [3.05, 3.63) is 59.9 Å². The number of carbonyl (C=O) groups excluding carboxylic acids is 1. The van der Waals surface area contributed by atoms with Crippen molar-refractivity contribution in [3.63, 3.8) is 0 Å². The summed E-state index contributed by atoms with van der Waals surface area (Å²) in [6.45, 7) is 11.1. The number of piperidine rings is 2. The fourth-order valence-electron chi connectivity index (χ4n) is 8.04. The van der Waals surface area contributed by atoms with Crippen LogP contribution < -0.4 is 4.74 Å². The van der Waals surface area contributed by atoms with E-state index in [2.05, 4.69) is 63.8 Å². The molecule has 2 bridgehead atoms. The monoisotopic (exact) mass is 542 g/mol. The number of ether oxygens (including phenoxy) is 1. The van der Waals surface area contributed by atoms with Gasteiger partial charge in [0, 0.05) is 42.0 Å². The molecule has 3 atom stereocenters. The minimum Gasteiger partial charge on any atom is -0.497 e. The average molecular weight is 543 g/mol. The number of para-hydroxylation sites is 2. The quantitative estimate of drug-likeness (QED) is 0.356. The first-order chi connectivity index (χ1) is 19.2. The van der Waals surface area contributed by atoms with Gasteiger partial charge in [-0.1, -0.05) is 45.0 Å². The van der Waals surface area contributed by atoms with Crippen LogP contribution in [0, 0.1) is 12.3 Å². The lowest BCUT2D eigenvalue weighted by Crippen LogP contribution is -2.50. The van der Waals surface area contributed by atoms with E-state index in [9.17, 15) is 4.79 Å². The number of amides is 1. The van der Waals surface area contributed by atoms with E-state index in [1.54, 1.807) is 7.11 Å². The second-order valence-corrected chi connectivity index (χ2v) is 13.6. The van der Waals surface area contributed by atoms with Crippen LogP contribution in [0.25, 0.3) is 11.0 Å². The average Bonchev–Trinajstić information content (AvgIpc) is 3.41. The first-order valence-corrected chi connectivity index (χ1v) is 15.3. The number of aromatic nitrogens is 2. The number of aryl methyl sites for hydroxylation is 1. The van der Waals surface area contributed by atoms with Crippen LogP contribution in [-0.2, 0) is 10.2 Å². The number of likely N-dealkylation sites (tertiary alicyclic amines) is 1. The van der Waals surface area contributed by atoms with Crippen LogP contribution in [0.2, 0.25) is 0 Å². The fraction of sp³-hybridized carbons (Fsp3) is 0.588. The van der Waals surface area contributed by atoms with Gasteiger partial charge in [0.05, 0.1) is 18.1 Å². The predicted octanol–water partition coefficient (Wildman–Crippen LogP) is 6.52. The summed E-state index contributed by atoms with van der Waals surface area (Å²) in [4.78, 5) is 22.9. The number of methoxy groups -OCH3 is 1. The van der Waals surface area contributed by atoms with E-state index in [0.29, 0.717) is 18.1 Å². The Morgan fingerprint density at radius 2 is 1.70 bits per heavy atom. The highest BCUT2D eigenvalue weighted by molar-refractivity contribution is 5.81. The van der Waals surface area contributed by atoms with Gasteiger partial charge in [-0.05, 0) is 88.2 Å². The summed E-state index contributed by atoms with van der Waals surface area (Å²) in [7, 11) is 1.75. The normalized spacial score (nSPS) is 24.9. The number of carbonyl (C=O) groups is 1. The van der Waals surface area contributed by atoms with E-state index in [4.69, 9.17) is 9.72 Å². The molecule has 2 aromatic carbocycles. The van der Waals surface area contributed by atoms with Crippen molar-refractivity contribution in [2.45, 2.75) is 96.2 Å². The molecule has 1 unspecified atom stereocenters. The van der Waals surface area contributed by atoms with Crippen molar-refractivity contribution >= 4 is 16.9 Å². The van der Waals surface area contributed by atoms with Crippen molar-refractivity contribution in [1.29, 1.82) is 0 Å². The summed E-state index contributed by atoms with van der Waals surface area (Å²) in [5, 5.41) is 0. The lowest BCUT2D eigenvalue weighted by molar-refractivity contribution is -0.141. The molecular formula is C34H46N4O2. The Hall–Kier alpha value is -2.86. The molecule has 0 N–H and O–H groups in total. The van der Waals surface area contributed by atoms with Crippen LogP contribution in [0.1, 0.15) is 83.1 Å². The molecule has 1 amide bonds. The van der Waals surface area contributed by atoms with Crippen LogP contribution in [0.4, 0.5) is 0 Å². The van der Waals surface area contributed by atoms with Gasteiger partial charge in [0.15, 0.2) is 0 Å². The second kappa shape index (κ2) is 10.5. The molecule has 1 aromatic heterocycles. The zero-order valence-corrected chi connectivity index (χ0v) is 25.0. The number of imidazole rings is 1. The summed E-state index contributed by atoms with van der Waals surface area (Å²) in [5.74, 6) is 2.34. The summed E-state index contributed by atoms with van der Waals surface area (Å²) in [6.07, 6.45) is 8.15. The van der Waals surface area contributed by atoms with Gasteiger partial charge < -0.3 is 14.2 Å². The van der Waals surface area contributed by atoms with Crippen LogP contribution in [0.15, 0.2) is 48.5 Å². The van der Waals surface area contributed by atoms with Crippen LogP contribution >= 0.6 is 0 Å². The maximum atomic E-state index is 13.1. The molecule has 4 heterocycles. The Kier molecular flexibility index (Phi) is 7.18. The van der Waals surface area contributed by atoms with E-state index in [1.165, 1.54) is 36.8 Å². The maximum Gasteiger partial charge on any atom is 0.227 e. The highest BCUT2D eigenvalue weighted by atomic mass is 16.5. The van der Waals surface area contributed by atoms with Crippen LogP contribution in [0.5, 0.6) is 5.75 Å². The molecule has 0 radical (unpaired) electrons. The van der Waals surface area contributed by atoms with Crippen LogP contribution in [-0.4, -0.2) is 64.1 Å². The number of hydrogen-bond donors (Lipinski definition) is 0. The molecule has 40 heavy (non-hydrogen) atoms. The summed E-state index contributed by atoms with van der Waals surface area (Å²) >= 11 is 0. The van der Waals surface area contributed by atoms with E-state index in [1.807, 2.05) is 26.8 Å². The molecule has 214 valence electrons. The minimum absolute atomic E-state index is 0.0661. The Morgan fingerprint density at radius 3 is 2.38 bits per heavy atom. The summed E-state index contributed by atoms with van der Waals surface area (Å²) in [5.41, 5.74) is 3.50. The number of benzene rings is 2. The first kappa shape index (κ1) is 27.3. The lowest BCUT2D eigenvalue weighted by atomic mass is 9.70. The van der Waals surface area contributed by atoms with Crippen molar-refractivity contribution in [1.82, 2.24) is 19.4 Å². The van der Waals surface area contributed by atoms with Crippen molar-refractivity contribution in [3.8, 4) is 5.75 Å². The Bertz CT molecular complexity index is 1350. The van der Waals surface area contributed by atoms with Gasteiger partial charge in [-0.15, -0.1) is 0 Å². The number of rotatable bonds is 6. The van der Waals surface area contributed by atoms with Gasteiger partial charge >= 0.3 is 0 Å². The standard InChI is InChI=1S/C34H46N4O2/c1-24-35-30-11-6-7-12-31(30)38(24)28-22-26-13-14-27(23-28)37(26)20-17-34(25-9-8-10-29(21-25)40-5)15-18-36(19-16-34)32(39)33(2,3)4/h6-12,21,26-28H,13-20,22-23H2,1-5H3/t26-,27+,28?. The molecule has 6 rings (SSSR count). The second-order valence-electron chi connectivity index (χ2n) is 13.6. The van der Waals surface area contributed by atoms with Crippen molar-refractivity contribution < 1.29 is 9.53 Å². The predicted molar refractivity (Wildman–Crippen MR) is 161 cm³/mol. The van der Waals surface area contributed by atoms with Gasteiger partial charge in [0.25, 0.3) is 0 Å². The third kappa shape index (κ3) is 4.93. The van der Waals surface area contributed by atoms with Gasteiger partial charge in [0.1, 0.15) is 11.6 Å². The zero-order valence-electron chi connectivity index (χ0n) is 25.0. The van der Waals surface area contributed by atoms with Gasteiger partial charge in [-0.3, -0.25) is 9.69 Å². The summed E-state index contributed by atoms with van der Waals surface area (Å²) in [6, 6.07) is 19.1. The van der Waals surface area contributed by atoms with Crippen LogP contribution in [0.3, 0.4) is 0 Å². The number of hydrogen-bond acceptors (Lipinski definition) is 4. The molecule has 3 saturated heterocycles. The number of nitrogens with zero attached hydrogens (tertiary/aromatic N) is 4. The Balaban J connectivity index is 1.20. The molecule has 3 aliphatic heterocycles. The van der Waals surface area contributed by atoms with E-state index < -0.39 is 0 Å². The van der Waals surface area contributed by atoms with Gasteiger partial charge in [-0.25, -0.2) is 4.98 Å². The van der Waals surface area contributed by atoms with E-state index in [-0.39, 0.29) is 16.7 Å². The smallest absolute Gasteiger partial charge is 0.227 e. The van der Waals surface area contributed by atoms with Crippen molar-refractivity contribution in [2.75, 3.05) is 26.7 Å². The third-order valence-corrected chi connectivity index (χ3v) is 10.2. The fourth-order valence-corrected chi connectivity index (χ4v) is 8.04. The molecule has 3 aromatic rings. The molecule has 0 spiro atoms.